The minimum Gasteiger partial charge on any atom is -0.493 e. The number of hydrogen-bond acceptors (Lipinski definition) is 3. The number of fused-ring (bicyclic) bond motifs is 2. The smallest absolute Gasteiger partial charge is 0.344 e. The first-order valence-electron chi connectivity index (χ1n) is 8.33. The molecule has 2 bridgehead atoms. The van der Waals surface area contributed by atoms with Crippen LogP contribution in [-0.4, -0.2) is 42.6 Å². The second kappa shape index (κ2) is 5.52. The zero-order valence-electron chi connectivity index (χ0n) is 13.6. The molecule has 0 amide bonds. The van der Waals surface area contributed by atoms with Gasteiger partial charge in [0.25, 0.3) is 5.78 Å². The number of Topliss-reactive ketones (excluding diaryl/α,β-unsaturated/α-hetero) is 1. The summed E-state index contributed by atoms with van der Waals surface area (Å²) in [7, 11) is 1.58. The van der Waals surface area contributed by atoms with E-state index in [0.29, 0.717) is 11.7 Å². The van der Waals surface area contributed by atoms with E-state index in [1.165, 1.54) is 5.56 Å². The Hall–Kier alpha value is -2.10. The number of benzene rings is 1. The summed E-state index contributed by atoms with van der Waals surface area (Å²) in [5.74, 6) is 2.07. The normalized spacial score (nSPS) is 32.8. The van der Waals surface area contributed by atoms with Crippen LogP contribution in [0.4, 0.5) is 0 Å². The minimum absolute atomic E-state index is 0.0798. The first kappa shape index (κ1) is 14.5. The molecule has 4 atom stereocenters. The monoisotopic (exact) mass is 312 g/mol. The molecule has 3 aliphatic heterocycles. The van der Waals surface area contributed by atoms with Gasteiger partial charge >= 0.3 is 5.90 Å². The predicted molar refractivity (Wildman–Crippen MR) is 86.4 cm³/mol. The summed E-state index contributed by atoms with van der Waals surface area (Å²) in [6.45, 7) is 3.84. The Morgan fingerprint density at radius 2 is 2.04 bits per heavy atom. The number of nitrogens with zero attached hydrogens (tertiary/aromatic N) is 1. The Kier molecular flexibility index (Phi) is 3.47. The molecule has 0 N–H and O–H groups in total. The molecule has 0 unspecified atom stereocenters. The molecular formula is C19H22NO3+. The molecule has 23 heavy (non-hydrogen) atoms. The second-order valence-electron chi connectivity index (χ2n) is 6.60. The molecule has 0 spiro atoms. The van der Waals surface area contributed by atoms with E-state index in [4.69, 9.17) is 9.47 Å². The summed E-state index contributed by atoms with van der Waals surface area (Å²) < 4.78 is 13.6. The average Bonchev–Trinajstić information content (AvgIpc) is 2.78. The standard InChI is InChI=1S/C19H22NO3/c1-12-14-11-15(22-2)18(21)17(20-9-6-10-23-19(14)20)16(12)13-7-4-3-5-8-13/h3-5,7-8,11-12,14,16-17H,6,9-10H2,1-2H3/q+1/t12-,14-,16-,17-/m1/s1. The third-order valence-electron chi connectivity index (χ3n) is 5.42. The van der Waals surface area contributed by atoms with E-state index >= 15 is 0 Å². The van der Waals surface area contributed by atoms with E-state index < -0.39 is 0 Å². The minimum atomic E-state index is -0.229. The second-order valence-corrected chi connectivity index (χ2v) is 6.60. The molecule has 120 valence electrons. The van der Waals surface area contributed by atoms with Gasteiger partial charge in [0.15, 0.2) is 5.76 Å². The fourth-order valence-electron chi connectivity index (χ4n) is 4.35. The van der Waals surface area contributed by atoms with Crippen LogP contribution in [0.3, 0.4) is 0 Å². The van der Waals surface area contributed by atoms with Gasteiger partial charge in [0.2, 0.25) is 6.04 Å². The number of carbonyl (C=O) groups excluding carboxylic acids is 1. The zero-order valence-corrected chi connectivity index (χ0v) is 13.6. The number of methoxy groups -OCH3 is 1. The van der Waals surface area contributed by atoms with Gasteiger partial charge in [0.1, 0.15) is 12.5 Å². The molecule has 0 saturated carbocycles. The van der Waals surface area contributed by atoms with Crippen LogP contribution in [0.2, 0.25) is 0 Å². The van der Waals surface area contributed by atoms with Crippen molar-refractivity contribution < 1.29 is 18.8 Å². The summed E-state index contributed by atoms with van der Waals surface area (Å²) in [5, 5.41) is 0. The molecule has 5 rings (SSSR count). The first-order valence-corrected chi connectivity index (χ1v) is 8.33. The lowest BCUT2D eigenvalue weighted by molar-refractivity contribution is -0.579. The lowest BCUT2D eigenvalue weighted by Gasteiger charge is -2.37. The van der Waals surface area contributed by atoms with Crippen molar-refractivity contribution in [2.24, 2.45) is 11.8 Å². The lowest BCUT2D eigenvalue weighted by Crippen LogP contribution is -2.53. The van der Waals surface area contributed by atoms with Crippen molar-refractivity contribution in [1.82, 2.24) is 0 Å². The molecule has 4 nitrogen and oxygen atoms in total. The van der Waals surface area contributed by atoms with Crippen molar-refractivity contribution in [3.05, 3.63) is 47.7 Å². The number of ether oxygens (including phenoxy) is 2. The Morgan fingerprint density at radius 3 is 2.78 bits per heavy atom. The van der Waals surface area contributed by atoms with Gasteiger partial charge in [-0.05, 0) is 17.6 Å². The number of carbonyl (C=O) groups is 1. The topological polar surface area (TPSA) is 38.5 Å². The molecule has 4 heteroatoms. The van der Waals surface area contributed by atoms with E-state index in [1.807, 2.05) is 24.3 Å². The molecule has 3 heterocycles. The van der Waals surface area contributed by atoms with E-state index in [9.17, 15) is 4.79 Å². The van der Waals surface area contributed by atoms with E-state index in [2.05, 4.69) is 23.6 Å². The maximum Gasteiger partial charge on any atom is 0.344 e. The van der Waals surface area contributed by atoms with Crippen LogP contribution in [0.5, 0.6) is 0 Å². The van der Waals surface area contributed by atoms with Gasteiger partial charge in [0, 0.05) is 6.42 Å². The summed E-state index contributed by atoms with van der Waals surface area (Å²) in [4.78, 5) is 13.1. The molecular weight excluding hydrogens is 290 g/mol. The van der Waals surface area contributed by atoms with Crippen molar-refractivity contribution in [2.45, 2.75) is 25.3 Å². The number of ketones is 1. The van der Waals surface area contributed by atoms with Crippen LogP contribution < -0.4 is 0 Å². The van der Waals surface area contributed by atoms with Crippen LogP contribution in [0.1, 0.15) is 24.8 Å². The van der Waals surface area contributed by atoms with Crippen molar-refractivity contribution >= 4 is 11.7 Å². The Morgan fingerprint density at radius 1 is 1.26 bits per heavy atom. The highest BCUT2D eigenvalue weighted by Crippen LogP contribution is 2.44. The molecule has 4 aliphatic rings. The zero-order chi connectivity index (χ0) is 16.0. The molecule has 1 aliphatic carbocycles. The van der Waals surface area contributed by atoms with Crippen molar-refractivity contribution in [2.75, 3.05) is 20.3 Å². The molecule has 1 aromatic rings. The Bertz CT molecular complexity index is 692. The molecule has 0 fully saturated rings. The van der Waals surface area contributed by atoms with Crippen molar-refractivity contribution in [3.8, 4) is 0 Å². The predicted octanol–water partition coefficient (Wildman–Crippen LogP) is 2.35. The van der Waals surface area contributed by atoms with Gasteiger partial charge < -0.3 is 9.47 Å². The highest BCUT2D eigenvalue weighted by Gasteiger charge is 2.56. The number of rotatable bonds is 2. The molecule has 0 radical (unpaired) electrons. The van der Waals surface area contributed by atoms with Gasteiger partial charge in [-0.15, -0.1) is 0 Å². The van der Waals surface area contributed by atoms with E-state index in [0.717, 1.165) is 25.5 Å². The van der Waals surface area contributed by atoms with E-state index in [-0.39, 0.29) is 23.7 Å². The van der Waals surface area contributed by atoms with Gasteiger partial charge in [-0.3, -0.25) is 4.79 Å². The average molecular weight is 312 g/mol. The Labute approximate surface area is 136 Å². The fraction of sp³-hybridized carbons (Fsp3) is 0.474. The molecule has 1 aromatic carbocycles. The Balaban J connectivity index is 1.89. The van der Waals surface area contributed by atoms with Gasteiger partial charge in [-0.25, -0.2) is 0 Å². The quantitative estimate of drug-likeness (QED) is 0.787. The van der Waals surface area contributed by atoms with Crippen LogP contribution in [-0.2, 0) is 14.3 Å². The van der Waals surface area contributed by atoms with Gasteiger partial charge in [0.05, 0.1) is 19.6 Å². The summed E-state index contributed by atoms with van der Waals surface area (Å²) >= 11 is 0. The maximum absolute atomic E-state index is 13.1. The van der Waals surface area contributed by atoms with Crippen LogP contribution >= 0.6 is 0 Å². The van der Waals surface area contributed by atoms with Crippen LogP contribution in [0.15, 0.2) is 42.2 Å². The first-order chi connectivity index (χ1) is 11.2. The summed E-state index contributed by atoms with van der Waals surface area (Å²) in [6, 6.07) is 10.1. The lowest BCUT2D eigenvalue weighted by atomic mass is 9.73. The third kappa shape index (κ3) is 2.12. The van der Waals surface area contributed by atoms with E-state index in [1.54, 1.807) is 7.11 Å². The molecule has 0 saturated heterocycles. The van der Waals surface area contributed by atoms with Crippen molar-refractivity contribution in [1.29, 1.82) is 0 Å². The highest BCUT2D eigenvalue weighted by molar-refractivity contribution is 6.00. The highest BCUT2D eigenvalue weighted by atomic mass is 16.5. The van der Waals surface area contributed by atoms with Crippen LogP contribution in [0.25, 0.3) is 0 Å². The SMILES string of the molecule is COC1=C[C@H]2C3=[N+](CCCO3)[C@@H](C1=O)[C@@H](c1ccccc1)[C@@H]2C. The summed E-state index contributed by atoms with van der Waals surface area (Å²) in [5.41, 5.74) is 1.22. The molecule has 0 aromatic heterocycles. The largest absolute Gasteiger partial charge is 0.493 e. The van der Waals surface area contributed by atoms with Crippen LogP contribution in [0, 0.1) is 11.8 Å². The fourth-order valence-corrected chi connectivity index (χ4v) is 4.35. The van der Waals surface area contributed by atoms with Gasteiger partial charge in [-0.1, -0.05) is 37.3 Å². The number of hydrogen-bond donors (Lipinski definition) is 0. The van der Waals surface area contributed by atoms with Gasteiger partial charge in [-0.2, -0.15) is 4.58 Å². The summed E-state index contributed by atoms with van der Waals surface area (Å²) in [6.07, 6.45) is 2.93. The maximum atomic E-state index is 13.1. The van der Waals surface area contributed by atoms with Crippen molar-refractivity contribution in [3.63, 3.8) is 0 Å². The third-order valence-corrected chi connectivity index (χ3v) is 5.42.